The van der Waals surface area contributed by atoms with Crippen molar-refractivity contribution in [1.82, 2.24) is 5.32 Å². The van der Waals surface area contributed by atoms with Crippen LogP contribution in [0, 0.1) is 0 Å². The number of nitrogens with one attached hydrogen (secondary N) is 1. The van der Waals surface area contributed by atoms with Gasteiger partial charge in [0.25, 0.3) is 0 Å². The number of fused-ring (bicyclic) bond motifs is 1. The summed E-state index contributed by atoms with van der Waals surface area (Å²) in [5, 5.41) is 12.7. The van der Waals surface area contributed by atoms with Crippen molar-refractivity contribution in [2.45, 2.75) is 38.7 Å². The van der Waals surface area contributed by atoms with Gasteiger partial charge in [0.15, 0.2) is 0 Å². The summed E-state index contributed by atoms with van der Waals surface area (Å²) < 4.78 is 5.57. The van der Waals surface area contributed by atoms with Gasteiger partial charge in [-0.2, -0.15) is 0 Å². The molecule has 0 aliphatic heterocycles. The number of carbonyl (C=O) groups is 1. The van der Waals surface area contributed by atoms with E-state index in [1.54, 1.807) is 0 Å². The number of aliphatic hydroxyl groups excluding tert-OH is 1. The van der Waals surface area contributed by atoms with Crippen molar-refractivity contribution in [3.05, 3.63) is 29.3 Å². The van der Waals surface area contributed by atoms with Gasteiger partial charge in [-0.25, -0.2) is 0 Å². The van der Waals surface area contributed by atoms with Crippen molar-refractivity contribution < 1.29 is 14.6 Å². The molecule has 2 N–H and O–H groups in total. The zero-order chi connectivity index (χ0) is 13.7. The molecule has 0 radical (unpaired) electrons. The first-order chi connectivity index (χ1) is 9.20. The molecule has 104 valence electrons. The summed E-state index contributed by atoms with van der Waals surface area (Å²) >= 11 is 0. The van der Waals surface area contributed by atoms with Crippen LogP contribution in [-0.2, 0) is 11.2 Å². The molecule has 0 saturated carbocycles. The monoisotopic (exact) mass is 263 g/mol. The quantitative estimate of drug-likeness (QED) is 0.853. The molecule has 1 amide bonds. The Kier molecular flexibility index (Phi) is 4.80. The predicted octanol–water partition coefficient (Wildman–Crippen LogP) is 1.96. The van der Waals surface area contributed by atoms with Crippen molar-refractivity contribution in [3.8, 4) is 5.75 Å². The SMILES string of the molecule is CCNC(=O)CCOc1ccc2c(c1)[C@H](O)CCC2. The summed E-state index contributed by atoms with van der Waals surface area (Å²) in [7, 11) is 0. The molecule has 0 spiro atoms. The van der Waals surface area contributed by atoms with Gasteiger partial charge in [-0.1, -0.05) is 6.07 Å². The summed E-state index contributed by atoms with van der Waals surface area (Å²) in [6, 6.07) is 5.82. The maximum atomic E-state index is 11.3. The van der Waals surface area contributed by atoms with Crippen LogP contribution in [0.25, 0.3) is 0 Å². The molecule has 19 heavy (non-hydrogen) atoms. The molecule has 1 atom stereocenters. The lowest BCUT2D eigenvalue weighted by atomic mass is 9.89. The Morgan fingerprint density at radius 3 is 3.16 bits per heavy atom. The number of benzene rings is 1. The number of amides is 1. The molecule has 4 nitrogen and oxygen atoms in total. The Morgan fingerprint density at radius 1 is 1.53 bits per heavy atom. The fraction of sp³-hybridized carbons (Fsp3) is 0.533. The number of aliphatic hydroxyl groups is 1. The van der Waals surface area contributed by atoms with Crippen LogP contribution in [0.5, 0.6) is 5.75 Å². The topological polar surface area (TPSA) is 58.6 Å². The van der Waals surface area contributed by atoms with Crippen molar-refractivity contribution in [3.63, 3.8) is 0 Å². The van der Waals surface area contributed by atoms with E-state index in [2.05, 4.69) is 5.32 Å². The summed E-state index contributed by atoms with van der Waals surface area (Å²) in [6.45, 7) is 2.90. The Labute approximate surface area is 113 Å². The third-order valence-electron chi connectivity index (χ3n) is 3.37. The molecule has 2 rings (SSSR count). The lowest BCUT2D eigenvalue weighted by Crippen LogP contribution is -2.24. The molecule has 1 aromatic carbocycles. The molecule has 0 unspecified atom stereocenters. The smallest absolute Gasteiger partial charge is 0.223 e. The van der Waals surface area contributed by atoms with Crippen LogP contribution in [0.3, 0.4) is 0 Å². The first-order valence-corrected chi connectivity index (χ1v) is 6.91. The van der Waals surface area contributed by atoms with Gasteiger partial charge in [0.2, 0.25) is 5.91 Å². The molecule has 0 heterocycles. The molecule has 4 heteroatoms. The maximum absolute atomic E-state index is 11.3. The first kappa shape index (κ1) is 13.9. The number of ether oxygens (including phenoxy) is 1. The lowest BCUT2D eigenvalue weighted by Gasteiger charge is -2.21. The summed E-state index contributed by atoms with van der Waals surface area (Å²) in [5.41, 5.74) is 2.18. The Morgan fingerprint density at radius 2 is 2.37 bits per heavy atom. The molecule has 1 aromatic rings. The van der Waals surface area contributed by atoms with Crippen LogP contribution < -0.4 is 10.1 Å². The highest BCUT2D eigenvalue weighted by atomic mass is 16.5. The minimum absolute atomic E-state index is 0.000458. The van der Waals surface area contributed by atoms with Gasteiger partial charge in [-0.05, 0) is 49.4 Å². The minimum Gasteiger partial charge on any atom is -0.493 e. The molecule has 1 aliphatic rings. The van der Waals surface area contributed by atoms with Crippen molar-refractivity contribution in [2.24, 2.45) is 0 Å². The zero-order valence-corrected chi connectivity index (χ0v) is 11.3. The standard InChI is InChI=1S/C15H21NO3/c1-2-16-15(18)8-9-19-12-7-6-11-4-3-5-14(17)13(11)10-12/h6-7,10,14,17H,2-5,8-9H2,1H3,(H,16,18)/t14-/m1/s1. The van der Waals surface area contributed by atoms with Gasteiger partial charge in [-0.3, -0.25) is 4.79 Å². The van der Waals surface area contributed by atoms with Crippen LogP contribution in [0.1, 0.15) is 43.4 Å². The largest absolute Gasteiger partial charge is 0.493 e. The third kappa shape index (κ3) is 3.70. The summed E-state index contributed by atoms with van der Waals surface area (Å²) in [6.07, 6.45) is 2.84. The van der Waals surface area contributed by atoms with Crippen LogP contribution in [-0.4, -0.2) is 24.2 Å². The Balaban J connectivity index is 1.91. The number of hydrogen-bond acceptors (Lipinski definition) is 3. The molecule has 1 aliphatic carbocycles. The highest BCUT2D eigenvalue weighted by Gasteiger charge is 2.18. The van der Waals surface area contributed by atoms with E-state index in [0.717, 1.165) is 30.6 Å². The second-order valence-corrected chi connectivity index (χ2v) is 4.82. The second-order valence-electron chi connectivity index (χ2n) is 4.82. The van der Waals surface area contributed by atoms with Gasteiger partial charge in [0, 0.05) is 6.54 Å². The second kappa shape index (κ2) is 6.57. The van der Waals surface area contributed by atoms with E-state index >= 15 is 0 Å². The minimum atomic E-state index is -0.379. The van der Waals surface area contributed by atoms with Crippen molar-refractivity contribution in [2.75, 3.05) is 13.2 Å². The van der Waals surface area contributed by atoms with Crippen LogP contribution in [0.4, 0.5) is 0 Å². The van der Waals surface area contributed by atoms with E-state index < -0.39 is 0 Å². The molecule has 0 saturated heterocycles. The number of carbonyl (C=O) groups excluding carboxylic acids is 1. The maximum Gasteiger partial charge on any atom is 0.223 e. The first-order valence-electron chi connectivity index (χ1n) is 6.91. The molecule has 0 bridgehead atoms. The molecule has 0 aromatic heterocycles. The van der Waals surface area contributed by atoms with Gasteiger partial charge in [0.05, 0.1) is 19.1 Å². The zero-order valence-electron chi connectivity index (χ0n) is 11.3. The van der Waals surface area contributed by atoms with Crippen LogP contribution >= 0.6 is 0 Å². The average molecular weight is 263 g/mol. The Hall–Kier alpha value is -1.55. The van der Waals surface area contributed by atoms with Gasteiger partial charge >= 0.3 is 0 Å². The normalized spacial score (nSPS) is 17.7. The van der Waals surface area contributed by atoms with E-state index in [1.807, 2.05) is 25.1 Å². The highest BCUT2D eigenvalue weighted by Crippen LogP contribution is 2.32. The lowest BCUT2D eigenvalue weighted by molar-refractivity contribution is -0.121. The van der Waals surface area contributed by atoms with Crippen molar-refractivity contribution in [1.29, 1.82) is 0 Å². The van der Waals surface area contributed by atoms with E-state index in [1.165, 1.54) is 5.56 Å². The Bertz CT molecular complexity index is 445. The summed E-state index contributed by atoms with van der Waals surface area (Å²) in [5.74, 6) is 0.726. The molecule has 0 fully saturated rings. The van der Waals surface area contributed by atoms with E-state index in [0.29, 0.717) is 19.6 Å². The number of rotatable bonds is 5. The van der Waals surface area contributed by atoms with Gasteiger partial charge < -0.3 is 15.2 Å². The fourth-order valence-electron chi connectivity index (χ4n) is 2.39. The average Bonchev–Trinajstić information content (AvgIpc) is 2.40. The predicted molar refractivity (Wildman–Crippen MR) is 73.1 cm³/mol. The number of aryl methyl sites for hydroxylation is 1. The van der Waals surface area contributed by atoms with Crippen molar-refractivity contribution >= 4 is 5.91 Å². The van der Waals surface area contributed by atoms with Crippen LogP contribution in [0.15, 0.2) is 18.2 Å². The van der Waals surface area contributed by atoms with Gasteiger partial charge in [-0.15, -0.1) is 0 Å². The third-order valence-corrected chi connectivity index (χ3v) is 3.37. The number of hydrogen-bond donors (Lipinski definition) is 2. The molecular weight excluding hydrogens is 242 g/mol. The fourth-order valence-corrected chi connectivity index (χ4v) is 2.39. The molecular formula is C15H21NO3. The van der Waals surface area contributed by atoms with Crippen LogP contribution in [0.2, 0.25) is 0 Å². The van der Waals surface area contributed by atoms with E-state index in [4.69, 9.17) is 4.74 Å². The highest BCUT2D eigenvalue weighted by molar-refractivity contribution is 5.75. The van der Waals surface area contributed by atoms with Gasteiger partial charge in [0.1, 0.15) is 5.75 Å². The van der Waals surface area contributed by atoms with E-state index in [9.17, 15) is 9.90 Å². The summed E-state index contributed by atoms with van der Waals surface area (Å²) in [4.78, 5) is 11.3. The van der Waals surface area contributed by atoms with E-state index in [-0.39, 0.29) is 12.0 Å².